The first-order valence-corrected chi connectivity index (χ1v) is 34.6. The Morgan fingerprint density at radius 2 is 0.419 bits per heavy atom. The predicted octanol–water partition coefficient (Wildman–Crippen LogP) is 23.7. The Morgan fingerprint density at radius 3 is 0.595 bits per heavy atom. The van der Waals surface area contributed by atoms with Gasteiger partial charge in [-0.3, -0.25) is 9.59 Å². The van der Waals surface area contributed by atoms with Gasteiger partial charge in [-0.1, -0.05) is 386 Å². The van der Waals surface area contributed by atoms with Crippen molar-refractivity contribution in [3.8, 4) is 0 Å². The molecule has 1 atom stereocenters. The number of unbranched alkanes of at least 4 members (excludes halogenated alkanes) is 58. The summed E-state index contributed by atoms with van der Waals surface area (Å²) in [6, 6.07) is 0. The maximum absolute atomic E-state index is 12.4. The summed E-state index contributed by atoms with van der Waals surface area (Å²) in [5, 5.41) is 9.70. The number of hydrogen-bond acceptors (Lipinski definition) is 5. The van der Waals surface area contributed by atoms with E-state index in [2.05, 4.69) is 13.8 Å². The van der Waals surface area contributed by atoms with E-state index in [0.29, 0.717) is 12.8 Å². The largest absolute Gasteiger partial charge is 0.462 e. The monoisotopic (exact) mass is 1050 g/mol. The summed E-state index contributed by atoms with van der Waals surface area (Å²) >= 11 is 0. The summed E-state index contributed by atoms with van der Waals surface area (Å²) in [6.07, 6.45) is 82.9. The molecule has 442 valence electrons. The zero-order valence-electron chi connectivity index (χ0n) is 50.9. The summed E-state index contributed by atoms with van der Waals surface area (Å²) in [5.74, 6) is -0.558. The molecular weight excluding hydrogens is 909 g/mol. The Morgan fingerprint density at radius 1 is 0.257 bits per heavy atom. The lowest BCUT2D eigenvalue weighted by Crippen LogP contribution is -2.28. The molecule has 0 heterocycles. The van der Waals surface area contributed by atoms with Gasteiger partial charge in [0.15, 0.2) is 6.10 Å². The standard InChI is InChI=1S/C69H136O5/c1-3-5-7-9-11-13-15-17-19-21-23-25-27-29-31-33-35-37-39-41-43-45-47-49-51-53-55-57-59-61-63-68(71)73-66-67(65-70)74-69(72)64-62-60-58-56-54-52-50-48-46-44-42-40-38-36-34-32-30-28-26-24-22-20-18-16-14-12-10-8-6-4-2/h67,70H,3-66H2,1-2H3. The van der Waals surface area contributed by atoms with Crippen molar-refractivity contribution in [3.63, 3.8) is 0 Å². The van der Waals surface area contributed by atoms with Crippen LogP contribution in [0.5, 0.6) is 0 Å². The van der Waals surface area contributed by atoms with Crippen LogP contribution in [0.2, 0.25) is 0 Å². The van der Waals surface area contributed by atoms with Crippen molar-refractivity contribution in [1.29, 1.82) is 0 Å². The third-order valence-corrected chi connectivity index (χ3v) is 16.4. The summed E-state index contributed by atoms with van der Waals surface area (Å²) in [5.41, 5.74) is 0. The fourth-order valence-electron chi connectivity index (χ4n) is 11.2. The maximum atomic E-state index is 12.4. The van der Waals surface area contributed by atoms with Crippen LogP contribution >= 0.6 is 0 Å². The molecule has 5 heteroatoms. The Kier molecular flexibility index (Phi) is 65.2. The highest BCUT2D eigenvalue weighted by Crippen LogP contribution is 2.20. The molecule has 0 amide bonds. The van der Waals surface area contributed by atoms with E-state index in [1.54, 1.807) is 0 Å². The van der Waals surface area contributed by atoms with Gasteiger partial charge in [0, 0.05) is 12.8 Å². The lowest BCUT2D eigenvalue weighted by molar-refractivity contribution is -0.161. The minimum Gasteiger partial charge on any atom is -0.462 e. The first-order chi connectivity index (χ1) is 36.6. The first kappa shape index (κ1) is 72.9. The smallest absolute Gasteiger partial charge is 0.306 e. The number of esters is 2. The zero-order valence-corrected chi connectivity index (χ0v) is 50.9. The highest BCUT2D eigenvalue weighted by atomic mass is 16.6. The average molecular weight is 1050 g/mol. The lowest BCUT2D eigenvalue weighted by Gasteiger charge is -2.15. The van der Waals surface area contributed by atoms with Crippen LogP contribution < -0.4 is 0 Å². The van der Waals surface area contributed by atoms with Crippen molar-refractivity contribution >= 4 is 11.9 Å². The van der Waals surface area contributed by atoms with Gasteiger partial charge in [-0.05, 0) is 12.8 Å². The molecule has 0 aromatic carbocycles. The maximum Gasteiger partial charge on any atom is 0.306 e. The number of rotatable bonds is 66. The van der Waals surface area contributed by atoms with E-state index < -0.39 is 6.10 Å². The van der Waals surface area contributed by atoms with Gasteiger partial charge in [0.25, 0.3) is 0 Å². The third kappa shape index (κ3) is 63.4. The van der Waals surface area contributed by atoms with Gasteiger partial charge in [-0.25, -0.2) is 0 Å². The van der Waals surface area contributed by atoms with Crippen molar-refractivity contribution in [2.24, 2.45) is 0 Å². The zero-order chi connectivity index (χ0) is 53.4. The van der Waals surface area contributed by atoms with E-state index in [1.807, 2.05) is 0 Å². The molecule has 0 aliphatic heterocycles. The van der Waals surface area contributed by atoms with Crippen LogP contribution in [0.3, 0.4) is 0 Å². The van der Waals surface area contributed by atoms with Crippen molar-refractivity contribution in [3.05, 3.63) is 0 Å². The topological polar surface area (TPSA) is 72.8 Å². The van der Waals surface area contributed by atoms with Gasteiger partial charge in [0.1, 0.15) is 6.61 Å². The van der Waals surface area contributed by atoms with E-state index in [-0.39, 0.29) is 25.2 Å². The molecule has 0 aromatic heterocycles. The molecular formula is C69H136O5. The van der Waals surface area contributed by atoms with Crippen molar-refractivity contribution in [2.45, 2.75) is 418 Å². The predicted molar refractivity (Wildman–Crippen MR) is 326 cm³/mol. The van der Waals surface area contributed by atoms with Gasteiger partial charge >= 0.3 is 11.9 Å². The Hall–Kier alpha value is -1.10. The van der Waals surface area contributed by atoms with Crippen LogP contribution in [-0.4, -0.2) is 36.4 Å². The number of ether oxygens (including phenoxy) is 2. The normalized spacial score (nSPS) is 12.0. The Labute approximate surface area is 465 Å². The molecule has 5 nitrogen and oxygen atoms in total. The van der Waals surface area contributed by atoms with Crippen LogP contribution in [0.1, 0.15) is 412 Å². The molecule has 0 radical (unpaired) electrons. The van der Waals surface area contributed by atoms with E-state index in [9.17, 15) is 14.7 Å². The second-order valence-electron chi connectivity index (χ2n) is 24.0. The van der Waals surface area contributed by atoms with Crippen LogP contribution in [0, 0.1) is 0 Å². The summed E-state index contributed by atoms with van der Waals surface area (Å²) in [6.45, 7) is 4.23. The molecule has 0 saturated heterocycles. The Balaban J connectivity index is 3.35. The quantitative estimate of drug-likeness (QED) is 0.0485. The first-order valence-electron chi connectivity index (χ1n) is 34.6. The minimum atomic E-state index is -0.765. The molecule has 0 aliphatic carbocycles. The molecule has 74 heavy (non-hydrogen) atoms. The minimum absolute atomic E-state index is 0.0553. The van der Waals surface area contributed by atoms with Crippen LogP contribution in [0.4, 0.5) is 0 Å². The van der Waals surface area contributed by atoms with Gasteiger partial charge in [0.2, 0.25) is 0 Å². The molecule has 0 rings (SSSR count). The van der Waals surface area contributed by atoms with E-state index in [4.69, 9.17) is 9.47 Å². The van der Waals surface area contributed by atoms with E-state index in [0.717, 1.165) is 32.1 Å². The van der Waals surface area contributed by atoms with Crippen molar-refractivity contribution < 1.29 is 24.2 Å². The van der Waals surface area contributed by atoms with Crippen LogP contribution in [-0.2, 0) is 19.1 Å². The molecule has 0 bridgehead atoms. The number of aliphatic hydroxyl groups excluding tert-OH is 1. The molecule has 1 unspecified atom stereocenters. The van der Waals surface area contributed by atoms with Gasteiger partial charge in [-0.15, -0.1) is 0 Å². The highest BCUT2D eigenvalue weighted by molar-refractivity contribution is 5.70. The molecule has 0 spiro atoms. The van der Waals surface area contributed by atoms with Gasteiger partial charge in [0.05, 0.1) is 6.61 Å². The highest BCUT2D eigenvalue weighted by Gasteiger charge is 2.16. The number of aliphatic hydroxyl groups is 1. The molecule has 0 aliphatic rings. The van der Waals surface area contributed by atoms with Gasteiger partial charge < -0.3 is 14.6 Å². The Bertz CT molecular complexity index is 1050. The van der Waals surface area contributed by atoms with Gasteiger partial charge in [-0.2, -0.15) is 0 Å². The van der Waals surface area contributed by atoms with Crippen molar-refractivity contribution in [2.75, 3.05) is 13.2 Å². The van der Waals surface area contributed by atoms with Crippen LogP contribution in [0.15, 0.2) is 0 Å². The number of carbonyl (C=O) groups excluding carboxylic acids is 2. The fraction of sp³-hybridized carbons (Fsp3) is 0.971. The van der Waals surface area contributed by atoms with E-state index in [1.165, 1.54) is 353 Å². The SMILES string of the molecule is CCCCCCCCCCCCCCCCCCCCCCCCCCCCCCCCC(=O)OCC(CO)OC(=O)CCCCCCCCCCCCCCCCCCCCCCCCCCCCCCCC. The molecule has 0 saturated carbocycles. The van der Waals surface area contributed by atoms with Crippen molar-refractivity contribution in [1.82, 2.24) is 0 Å². The fourth-order valence-corrected chi connectivity index (χ4v) is 11.2. The average Bonchev–Trinajstić information content (AvgIpc) is 3.40. The number of hydrogen-bond donors (Lipinski definition) is 1. The molecule has 0 aromatic rings. The second-order valence-corrected chi connectivity index (χ2v) is 24.0. The summed E-state index contributed by atoms with van der Waals surface area (Å²) < 4.78 is 10.8. The third-order valence-electron chi connectivity index (χ3n) is 16.4. The molecule has 1 N–H and O–H groups in total. The lowest BCUT2D eigenvalue weighted by atomic mass is 10.0. The molecule has 0 fully saturated rings. The van der Waals surface area contributed by atoms with E-state index >= 15 is 0 Å². The number of carbonyl (C=O) groups is 2. The summed E-state index contributed by atoms with van der Waals surface area (Å²) in [4.78, 5) is 24.6. The summed E-state index contributed by atoms with van der Waals surface area (Å²) in [7, 11) is 0. The van der Waals surface area contributed by atoms with Crippen LogP contribution in [0.25, 0.3) is 0 Å². The second kappa shape index (κ2) is 66.2.